The van der Waals surface area contributed by atoms with Crippen LogP contribution in [0.2, 0.25) is 0 Å². The van der Waals surface area contributed by atoms with E-state index in [0.717, 1.165) is 0 Å². The normalized spacial score (nSPS) is 19.2. The van der Waals surface area contributed by atoms with Gasteiger partial charge in [-0.05, 0) is 17.9 Å². The van der Waals surface area contributed by atoms with E-state index in [4.69, 9.17) is 0 Å². The summed E-state index contributed by atoms with van der Waals surface area (Å²) in [7, 11) is 0. The first-order valence-electron chi connectivity index (χ1n) is 8.41. The Morgan fingerprint density at radius 2 is 1.92 bits per heavy atom. The van der Waals surface area contributed by atoms with Gasteiger partial charge in [-0.15, -0.1) is 0 Å². The average molecular weight is 341 g/mol. The van der Waals surface area contributed by atoms with Crippen molar-refractivity contribution in [3.05, 3.63) is 68.5 Å². The van der Waals surface area contributed by atoms with E-state index >= 15 is 0 Å². The van der Waals surface area contributed by atoms with Crippen LogP contribution in [0.3, 0.4) is 0 Å². The van der Waals surface area contributed by atoms with Crippen molar-refractivity contribution in [2.75, 3.05) is 13.1 Å². The summed E-state index contributed by atoms with van der Waals surface area (Å²) in [5.41, 5.74) is 0.626. The summed E-state index contributed by atoms with van der Waals surface area (Å²) in [5, 5.41) is 0. The molecule has 0 bridgehead atoms. The summed E-state index contributed by atoms with van der Waals surface area (Å²) >= 11 is 0. The number of rotatable bonds is 3. The number of amides is 1. The number of nitrogens with zero attached hydrogens (tertiary/aromatic N) is 2. The Balaban J connectivity index is 1.79. The highest BCUT2D eigenvalue weighted by atomic mass is 16.2. The van der Waals surface area contributed by atoms with Crippen LogP contribution in [0.1, 0.15) is 30.9 Å². The van der Waals surface area contributed by atoms with Gasteiger partial charge in [0.25, 0.3) is 5.56 Å². The number of benzene rings is 1. The van der Waals surface area contributed by atoms with Crippen molar-refractivity contribution in [2.24, 2.45) is 5.41 Å². The molecule has 0 aliphatic carbocycles. The van der Waals surface area contributed by atoms with Gasteiger partial charge in [0.15, 0.2) is 0 Å². The molecular weight excluding hydrogens is 318 g/mol. The first kappa shape index (κ1) is 17.2. The lowest BCUT2D eigenvalue weighted by molar-refractivity contribution is -0.131. The number of hydrogen-bond donors (Lipinski definition) is 1. The molecular formula is C19H23N3O3. The van der Waals surface area contributed by atoms with Gasteiger partial charge in [0.05, 0.1) is 0 Å². The molecule has 6 heteroatoms. The van der Waals surface area contributed by atoms with Gasteiger partial charge in [-0.2, -0.15) is 0 Å². The summed E-state index contributed by atoms with van der Waals surface area (Å²) in [5.74, 6) is 0.145. The van der Waals surface area contributed by atoms with E-state index < -0.39 is 11.2 Å². The number of aromatic amines is 1. The van der Waals surface area contributed by atoms with Crippen molar-refractivity contribution in [1.29, 1.82) is 0 Å². The summed E-state index contributed by atoms with van der Waals surface area (Å²) in [6, 6.07) is 10.2. The zero-order valence-electron chi connectivity index (χ0n) is 14.8. The fourth-order valence-electron chi connectivity index (χ4n) is 3.55. The molecule has 0 saturated carbocycles. The number of likely N-dealkylation sites (tertiary alicyclic amines) is 1. The summed E-state index contributed by atoms with van der Waals surface area (Å²) in [4.78, 5) is 40.1. The van der Waals surface area contributed by atoms with Crippen LogP contribution in [0.15, 0.2) is 46.1 Å². The molecule has 132 valence electrons. The fourth-order valence-corrected chi connectivity index (χ4v) is 3.55. The minimum Gasteiger partial charge on any atom is -0.340 e. The molecule has 1 aromatic heterocycles. The van der Waals surface area contributed by atoms with E-state index in [1.807, 2.05) is 23.1 Å². The molecule has 0 spiro atoms. The monoisotopic (exact) mass is 341 g/mol. The van der Waals surface area contributed by atoms with Gasteiger partial charge in [-0.3, -0.25) is 19.1 Å². The van der Waals surface area contributed by atoms with Crippen molar-refractivity contribution in [3.8, 4) is 0 Å². The molecule has 1 amide bonds. The first-order valence-corrected chi connectivity index (χ1v) is 8.41. The molecule has 1 aromatic carbocycles. The van der Waals surface area contributed by atoms with Crippen LogP contribution in [0.4, 0.5) is 0 Å². The standard InChI is InChI=1S/C19H23N3O3/c1-13-9-21(18(25)20-17(13)24)11-16(23)22-10-15(19(2,3)12-22)14-7-5-4-6-8-14/h4-9,15H,10-12H2,1-3H3,(H,20,24,25)/t15-/m1/s1. The predicted octanol–water partition coefficient (Wildman–Crippen LogP) is 1.50. The Morgan fingerprint density at radius 3 is 2.60 bits per heavy atom. The van der Waals surface area contributed by atoms with E-state index in [1.165, 1.54) is 16.3 Å². The number of nitrogens with one attached hydrogen (secondary N) is 1. The summed E-state index contributed by atoms with van der Waals surface area (Å²) < 4.78 is 1.27. The quantitative estimate of drug-likeness (QED) is 0.919. The molecule has 1 aliphatic heterocycles. The molecule has 25 heavy (non-hydrogen) atoms. The van der Waals surface area contributed by atoms with Gasteiger partial charge in [-0.1, -0.05) is 44.2 Å². The highest BCUT2D eigenvalue weighted by Gasteiger charge is 2.41. The third-order valence-corrected chi connectivity index (χ3v) is 4.99. The summed E-state index contributed by atoms with van der Waals surface area (Å²) in [6.45, 7) is 7.15. The SMILES string of the molecule is Cc1cn(CC(=O)N2C[C@H](c3ccccc3)C(C)(C)C2)c(=O)[nH]c1=O. The van der Waals surface area contributed by atoms with Gasteiger partial charge in [0, 0.05) is 30.8 Å². The Morgan fingerprint density at radius 1 is 1.24 bits per heavy atom. The molecule has 1 atom stereocenters. The van der Waals surface area contributed by atoms with Gasteiger partial charge >= 0.3 is 5.69 Å². The first-order chi connectivity index (χ1) is 11.8. The zero-order chi connectivity index (χ0) is 18.2. The maximum Gasteiger partial charge on any atom is 0.328 e. The second-order valence-corrected chi connectivity index (χ2v) is 7.43. The maximum absolute atomic E-state index is 12.7. The van der Waals surface area contributed by atoms with Crippen LogP contribution in [-0.2, 0) is 11.3 Å². The van der Waals surface area contributed by atoms with Gasteiger partial charge in [0.2, 0.25) is 5.91 Å². The van der Waals surface area contributed by atoms with E-state index in [2.05, 4.69) is 31.0 Å². The lowest BCUT2D eigenvalue weighted by Crippen LogP contribution is -2.38. The van der Waals surface area contributed by atoms with E-state index in [-0.39, 0.29) is 23.8 Å². The number of aryl methyl sites for hydroxylation is 1. The number of H-pyrrole nitrogens is 1. The average Bonchev–Trinajstić information content (AvgIpc) is 2.89. The van der Waals surface area contributed by atoms with Crippen molar-refractivity contribution >= 4 is 5.91 Å². The van der Waals surface area contributed by atoms with Crippen LogP contribution in [0.25, 0.3) is 0 Å². The largest absolute Gasteiger partial charge is 0.340 e. The number of aromatic nitrogens is 2. The van der Waals surface area contributed by atoms with Crippen LogP contribution < -0.4 is 11.2 Å². The minimum atomic E-state index is -0.554. The Kier molecular flexibility index (Phi) is 4.37. The smallest absolute Gasteiger partial charge is 0.328 e. The molecule has 3 rings (SSSR count). The van der Waals surface area contributed by atoms with Crippen molar-refractivity contribution in [1.82, 2.24) is 14.5 Å². The third-order valence-electron chi connectivity index (χ3n) is 4.99. The second kappa shape index (κ2) is 6.35. The fraction of sp³-hybridized carbons (Fsp3) is 0.421. The minimum absolute atomic E-state index is 0.0388. The molecule has 2 aromatic rings. The molecule has 1 fully saturated rings. The zero-order valence-corrected chi connectivity index (χ0v) is 14.8. The van der Waals surface area contributed by atoms with Crippen molar-refractivity contribution < 1.29 is 4.79 Å². The highest BCUT2D eigenvalue weighted by molar-refractivity contribution is 5.76. The van der Waals surface area contributed by atoms with Crippen LogP contribution >= 0.6 is 0 Å². The Bertz CT molecular complexity index is 896. The molecule has 0 radical (unpaired) electrons. The maximum atomic E-state index is 12.7. The Hall–Kier alpha value is -2.63. The topological polar surface area (TPSA) is 75.2 Å². The van der Waals surface area contributed by atoms with Crippen LogP contribution in [0, 0.1) is 12.3 Å². The lowest BCUT2D eigenvalue weighted by Gasteiger charge is -2.25. The van der Waals surface area contributed by atoms with Crippen LogP contribution in [0.5, 0.6) is 0 Å². The second-order valence-electron chi connectivity index (χ2n) is 7.43. The molecule has 1 N–H and O–H groups in total. The third kappa shape index (κ3) is 3.43. The summed E-state index contributed by atoms with van der Waals surface area (Å²) in [6.07, 6.45) is 1.44. The number of hydrogen-bond acceptors (Lipinski definition) is 3. The highest BCUT2D eigenvalue weighted by Crippen LogP contribution is 2.42. The van der Waals surface area contributed by atoms with Crippen molar-refractivity contribution in [3.63, 3.8) is 0 Å². The van der Waals surface area contributed by atoms with E-state index in [9.17, 15) is 14.4 Å². The Labute approximate surface area is 146 Å². The molecule has 6 nitrogen and oxygen atoms in total. The molecule has 2 heterocycles. The lowest BCUT2D eigenvalue weighted by atomic mass is 9.78. The number of carbonyl (C=O) groups excluding carboxylic acids is 1. The van der Waals surface area contributed by atoms with Gasteiger partial charge in [-0.25, -0.2) is 4.79 Å². The predicted molar refractivity (Wildman–Crippen MR) is 95.6 cm³/mol. The van der Waals surface area contributed by atoms with Crippen molar-refractivity contribution in [2.45, 2.75) is 33.2 Å². The molecule has 1 aliphatic rings. The number of carbonyl (C=O) groups is 1. The van der Waals surface area contributed by atoms with Gasteiger partial charge < -0.3 is 4.90 Å². The van der Waals surface area contributed by atoms with Gasteiger partial charge in [0.1, 0.15) is 6.54 Å². The van der Waals surface area contributed by atoms with E-state index in [0.29, 0.717) is 18.7 Å². The molecule has 1 saturated heterocycles. The van der Waals surface area contributed by atoms with E-state index in [1.54, 1.807) is 6.92 Å². The molecule has 0 unspecified atom stereocenters. The van der Waals surface area contributed by atoms with Crippen LogP contribution in [-0.4, -0.2) is 33.4 Å².